The molecule has 24 heavy (non-hydrogen) atoms. The standard InChI is InChI=1S/C18H22Cl2N4/c1-11-17(24-9-7-18(2,3)8-10-24)23-16(21)15(22-11)12-5-4-6-13(19)14(12)20/h4-6H,7-10H2,1-3H3,(H2,21,23). The van der Waals surface area contributed by atoms with Gasteiger partial charge in [-0.2, -0.15) is 0 Å². The molecule has 1 aromatic heterocycles. The Bertz CT molecular complexity index is 764. The first kappa shape index (κ1) is 17.3. The highest BCUT2D eigenvalue weighted by molar-refractivity contribution is 6.43. The molecule has 2 heterocycles. The number of aryl methyl sites for hydroxylation is 1. The van der Waals surface area contributed by atoms with E-state index in [1.165, 1.54) is 0 Å². The van der Waals surface area contributed by atoms with Gasteiger partial charge in [0.1, 0.15) is 5.69 Å². The molecule has 1 fully saturated rings. The Kier molecular flexibility index (Phi) is 4.63. The Morgan fingerprint density at radius 2 is 1.79 bits per heavy atom. The highest BCUT2D eigenvalue weighted by Crippen LogP contribution is 2.37. The molecule has 6 heteroatoms. The van der Waals surface area contributed by atoms with Crippen molar-refractivity contribution in [3.05, 3.63) is 33.9 Å². The molecule has 2 aromatic rings. The minimum absolute atomic E-state index is 0.379. The summed E-state index contributed by atoms with van der Waals surface area (Å²) in [4.78, 5) is 11.6. The van der Waals surface area contributed by atoms with Gasteiger partial charge in [0.15, 0.2) is 11.6 Å². The maximum atomic E-state index is 6.31. The minimum Gasteiger partial charge on any atom is -0.382 e. The van der Waals surface area contributed by atoms with Gasteiger partial charge in [0.25, 0.3) is 0 Å². The summed E-state index contributed by atoms with van der Waals surface area (Å²) >= 11 is 12.4. The summed E-state index contributed by atoms with van der Waals surface area (Å²) in [7, 11) is 0. The molecule has 4 nitrogen and oxygen atoms in total. The number of benzene rings is 1. The highest BCUT2D eigenvalue weighted by Gasteiger charge is 2.27. The quantitative estimate of drug-likeness (QED) is 0.817. The molecular weight excluding hydrogens is 343 g/mol. The van der Waals surface area contributed by atoms with Crippen LogP contribution in [0.3, 0.4) is 0 Å². The lowest BCUT2D eigenvalue weighted by atomic mass is 9.83. The largest absolute Gasteiger partial charge is 0.382 e. The SMILES string of the molecule is Cc1nc(-c2cccc(Cl)c2Cl)c(N)nc1N1CCC(C)(C)CC1. The predicted molar refractivity (Wildman–Crippen MR) is 102 cm³/mol. The van der Waals surface area contributed by atoms with E-state index in [9.17, 15) is 0 Å². The van der Waals surface area contributed by atoms with Crippen molar-refractivity contribution < 1.29 is 0 Å². The first-order chi connectivity index (χ1) is 11.3. The van der Waals surface area contributed by atoms with E-state index in [0.717, 1.165) is 37.4 Å². The fourth-order valence-electron chi connectivity index (χ4n) is 3.03. The number of rotatable bonds is 2. The van der Waals surface area contributed by atoms with E-state index >= 15 is 0 Å². The molecule has 2 N–H and O–H groups in total. The molecule has 1 aromatic carbocycles. The van der Waals surface area contributed by atoms with Crippen molar-refractivity contribution in [3.8, 4) is 11.3 Å². The summed E-state index contributed by atoms with van der Waals surface area (Å²) in [5.41, 5.74) is 8.74. The first-order valence-electron chi connectivity index (χ1n) is 8.12. The van der Waals surface area contributed by atoms with Crippen LogP contribution in [0.15, 0.2) is 18.2 Å². The van der Waals surface area contributed by atoms with Crippen LogP contribution in [0.2, 0.25) is 10.0 Å². The molecular formula is C18H22Cl2N4. The average molecular weight is 365 g/mol. The van der Waals surface area contributed by atoms with E-state index in [1.54, 1.807) is 6.07 Å². The predicted octanol–water partition coefficient (Wildman–Crippen LogP) is 4.97. The maximum absolute atomic E-state index is 6.31. The van der Waals surface area contributed by atoms with Crippen molar-refractivity contribution in [1.29, 1.82) is 0 Å². The van der Waals surface area contributed by atoms with Gasteiger partial charge in [-0.25, -0.2) is 9.97 Å². The number of nitrogen functional groups attached to an aromatic ring is 1. The maximum Gasteiger partial charge on any atom is 0.152 e. The summed E-state index contributed by atoms with van der Waals surface area (Å²) < 4.78 is 0. The van der Waals surface area contributed by atoms with Crippen LogP contribution in [0.1, 0.15) is 32.4 Å². The Morgan fingerprint density at radius 3 is 2.46 bits per heavy atom. The number of anilines is 2. The fourth-order valence-corrected chi connectivity index (χ4v) is 3.42. The van der Waals surface area contributed by atoms with Gasteiger partial charge in [0.05, 0.1) is 15.7 Å². The summed E-state index contributed by atoms with van der Waals surface area (Å²) in [6, 6.07) is 5.44. The van der Waals surface area contributed by atoms with Crippen LogP contribution in [-0.2, 0) is 0 Å². The zero-order chi connectivity index (χ0) is 17.5. The fraction of sp³-hybridized carbons (Fsp3) is 0.444. The Balaban J connectivity index is 1.96. The molecule has 1 aliphatic rings. The molecule has 128 valence electrons. The van der Waals surface area contributed by atoms with Crippen LogP contribution in [0.4, 0.5) is 11.6 Å². The van der Waals surface area contributed by atoms with E-state index in [1.807, 2.05) is 19.1 Å². The van der Waals surface area contributed by atoms with E-state index in [-0.39, 0.29) is 0 Å². The van der Waals surface area contributed by atoms with Gasteiger partial charge in [0.2, 0.25) is 0 Å². The van der Waals surface area contributed by atoms with Crippen LogP contribution in [-0.4, -0.2) is 23.1 Å². The van der Waals surface area contributed by atoms with E-state index in [4.69, 9.17) is 28.9 Å². The zero-order valence-corrected chi connectivity index (χ0v) is 15.7. The van der Waals surface area contributed by atoms with E-state index in [0.29, 0.717) is 32.5 Å². The van der Waals surface area contributed by atoms with Crippen LogP contribution < -0.4 is 10.6 Å². The van der Waals surface area contributed by atoms with Crippen LogP contribution in [0.5, 0.6) is 0 Å². The number of nitrogens with zero attached hydrogens (tertiary/aromatic N) is 3. The molecule has 0 radical (unpaired) electrons. The van der Waals surface area contributed by atoms with Crippen molar-refractivity contribution in [1.82, 2.24) is 9.97 Å². The lowest BCUT2D eigenvalue weighted by molar-refractivity contribution is 0.279. The van der Waals surface area contributed by atoms with Gasteiger partial charge in [0, 0.05) is 18.7 Å². The molecule has 0 aliphatic carbocycles. The summed E-state index contributed by atoms with van der Waals surface area (Å²) in [6.07, 6.45) is 2.27. The van der Waals surface area contributed by atoms with Gasteiger partial charge in [-0.1, -0.05) is 49.2 Å². The second-order valence-corrected chi connectivity index (χ2v) is 7.90. The average Bonchev–Trinajstić information content (AvgIpc) is 2.52. The lowest BCUT2D eigenvalue weighted by Gasteiger charge is -2.38. The van der Waals surface area contributed by atoms with Gasteiger partial charge < -0.3 is 10.6 Å². The molecule has 3 rings (SSSR count). The number of piperidine rings is 1. The molecule has 0 unspecified atom stereocenters. The molecule has 0 atom stereocenters. The van der Waals surface area contributed by atoms with Crippen LogP contribution in [0.25, 0.3) is 11.3 Å². The normalized spacial score (nSPS) is 17.1. The van der Waals surface area contributed by atoms with Crippen LogP contribution >= 0.6 is 23.2 Å². The van der Waals surface area contributed by atoms with Gasteiger partial charge >= 0.3 is 0 Å². The van der Waals surface area contributed by atoms with Crippen molar-refractivity contribution in [3.63, 3.8) is 0 Å². The Labute approximate surface area is 153 Å². The van der Waals surface area contributed by atoms with Crippen LogP contribution in [0, 0.1) is 12.3 Å². The van der Waals surface area contributed by atoms with E-state index in [2.05, 4.69) is 28.7 Å². The lowest BCUT2D eigenvalue weighted by Crippen LogP contribution is -2.38. The van der Waals surface area contributed by atoms with Crippen molar-refractivity contribution in [2.75, 3.05) is 23.7 Å². The monoisotopic (exact) mass is 364 g/mol. The molecule has 1 aliphatic heterocycles. The topological polar surface area (TPSA) is 55.0 Å². The molecule has 0 bridgehead atoms. The van der Waals surface area contributed by atoms with Crippen molar-refractivity contribution >= 4 is 34.8 Å². The molecule has 0 saturated carbocycles. The third-order valence-electron chi connectivity index (χ3n) is 4.70. The number of nitrogens with two attached hydrogens (primary N) is 1. The molecule has 0 spiro atoms. The minimum atomic E-state index is 0.379. The molecule has 0 amide bonds. The second-order valence-electron chi connectivity index (χ2n) is 7.12. The summed E-state index contributed by atoms with van der Waals surface area (Å²) in [5.74, 6) is 1.24. The number of halogens is 2. The van der Waals surface area contributed by atoms with Crippen molar-refractivity contribution in [2.45, 2.75) is 33.6 Å². The third-order valence-corrected chi connectivity index (χ3v) is 5.51. The summed E-state index contributed by atoms with van der Waals surface area (Å²) in [6.45, 7) is 8.52. The first-order valence-corrected chi connectivity index (χ1v) is 8.87. The summed E-state index contributed by atoms with van der Waals surface area (Å²) in [5, 5.41) is 0.933. The number of aromatic nitrogens is 2. The Morgan fingerprint density at radius 1 is 1.12 bits per heavy atom. The smallest absolute Gasteiger partial charge is 0.152 e. The Hall–Kier alpha value is -1.52. The number of hydrogen-bond acceptors (Lipinski definition) is 4. The zero-order valence-electron chi connectivity index (χ0n) is 14.2. The molecule has 1 saturated heterocycles. The van der Waals surface area contributed by atoms with E-state index < -0.39 is 0 Å². The van der Waals surface area contributed by atoms with Gasteiger partial charge in [-0.15, -0.1) is 0 Å². The van der Waals surface area contributed by atoms with Gasteiger partial charge in [-0.05, 0) is 31.2 Å². The third kappa shape index (κ3) is 3.31. The highest BCUT2D eigenvalue weighted by atomic mass is 35.5. The van der Waals surface area contributed by atoms with Crippen molar-refractivity contribution in [2.24, 2.45) is 5.41 Å². The van der Waals surface area contributed by atoms with Gasteiger partial charge in [-0.3, -0.25) is 0 Å². The second kappa shape index (κ2) is 6.41. The number of hydrogen-bond donors (Lipinski definition) is 1.